The third-order valence-corrected chi connectivity index (χ3v) is 4.97. The summed E-state index contributed by atoms with van der Waals surface area (Å²) in [6.07, 6.45) is 0. The number of amides is 3. The first-order valence-corrected chi connectivity index (χ1v) is 9.15. The molecule has 0 spiro atoms. The van der Waals surface area contributed by atoms with Crippen LogP contribution in [0.1, 0.15) is 27.6 Å². The number of hydrogen-bond donors (Lipinski definition) is 2. The molecule has 8 nitrogen and oxygen atoms in total. The van der Waals surface area contributed by atoms with Crippen molar-refractivity contribution in [2.24, 2.45) is 5.14 Å². The van der Waals surface area contributed by atoms with Crippen molar-refractivity contribution in [3.05, 3.63) is 59.7 Å². The number of rotatable bonds is 4. The first kappa shape index (κ1) is 17.8. The van der Waals surface area contributed by atoms with Crippen molar-refractivity contribution in [2.45, 2.75) is 17.9 Å². The van der Waals surface area contributed by atoms with Crippen LogP contribution in [0.5, 0.6) is 0 Å². The maximum Gasteiger partial charge on any atom is 0.262 e. The third kappa shape index (κ3) is 3.09. The maximum absolute atomic E-state index is 12.4. The third-order valence-electron chi connectivity index (χ3n) is 4.04. The van der Waals surface area contributed by atoms with Gasteiger partial charge in [0.25, 0.3) is 11.8 Å². The largest absolute Gasteiger partial charge is 0.324 e. The number of fused-ring (bicyclic) bond motifs is 1. The number of benzene rings is 2. The molecule has 2 aromatic carbocycles. The second kappa shape index (κ2) is 6.36. The monoisotopic (exact) mass is 373 g/mol. The van der Waals surface area contributed by atoms with E-state index < -0.39 is 33.8 Å². The minimum atomic E-state index is -3.83. The molecule has 0 aliphatic carbocycles. The molecule has 1 atom stereocenters. The summed E-state index contributed by atoms with van der Waals surface area (Å²) in [6.45, 7) is 1.44. The highest BCUT2D eigenvalue weighted by atomic mass is 32.2. The number of carbonyl (C=O) groups is 3. The molecule has 0 saturated heterocycles. The van der Waals surface area contributed by atoms with Gasteiger partial charge in [0.05, 0.1) is 16.0 Å². The molecule has 3 N–H and O–H groups in total. The summed E-state index contributed by atoms with van der Waals surface area (Å²) >= 11 is 0. The molecule has 1 heterocycles. The Hall–Kier alpha value is -3.04. The zero-order chi connectivity index (χ0) is 19.1. The van der Waals surface area contributed by atoms with Crippen molar-refractivity contribution in [1.29, 1.82) is 0 Å². The van der Waals surface area contributed by atoms with E-state index in [1.165, 1.54) is 43.3 Å². The zero-order valence-corrected chi connectivity index (χ0v) is 14.5. The first-order chi connectivity index (χ1) is 12.2. The van der Waals surface area contributed by atoms with Gasteiger partial charge in [-0.3, -0.25) is 19.3 Å². The fourth-order valence-electron chi connectivity index (χ4n) is 2.65. The maximum atomic E-state index is 12.4. The van der Waals surface area contributed by atoms with E-state index in [2.05, 4.69) is 5.32 Å². The lowest BCUT2D eigenvalue weighted by Gasteiger charge is -2.21. The zero-order valence-electron chi connectivity index (χ0n) is 13.7. The Balaban J connectivity index is 1.77. The second-order valence-electron chi connectivity index (χ2n) is 5.76. The van der Waals surface area contributed by atoms with E-state index in [1.807, 2.05) is 0 Å². The topological polar surface area (TPSA) is 127 Å². The molecule has 2 aromatic rings. The molecule has 26 heavy (non-hydrogen) atoms. The van der Waals surface area contributed by atoms with Gasteiger partial charge in [-0.1, -0.05) is 12.1 Å². The standard InChI is InChI=1S/C17H15N3O5S/c1-10(20-16(22)13-4-2-3-5-14(13)17(20)23)15(21)19-11-6-8-12(9-7-11)26(18,24)25/h2-10H,1H3,(H,19,21)(H2,18,24,25). The summed E-state index contributed by atoms with van der Waals surface area (Å²) in [5.41, 5.74) is 0.829. The lowest BCUT2D eigenvalue weighted by atomic mass is 10.1. The predicted molar refractivity (Wildman–Crippen MR) is 92.8 cm³/mol. The molecule has 0 aromatic heterocycles. The highest BCUT2D eigenvalue weighted by molar-refractivity contribution is 7.89. The van der Waals surface area contributed by atoms with Gasteiger partial charge in [0.15, 0.2) is 0 Å². The highest BCUT2D eigenvalue weighted by Gasteiger charge is 2.40. The van der Waals surface area contributed by atoms with Crippen molar-refractivity contribution in [3.63, 3.8) is 0 Å². The van der Waals surface area contributed by atoms with E-state index in [4.69, 9.17) is 5.14 Å². The van der Waals surface area contributed by atoms with Crippen LogP contribution in [0.2, 0.25) is 0 Å². The number of nitrogens with one attached hydrogen (secondary N) is 1. The van der Waals surface area contributed by atoms with Crippen LogP contribution in [0.3, 0.4) is 0 Å². The summed E-state index contributed by atoms with van der Waals surface area (Å²) in [5, 5.41) is 7.56. The van der Waals surface area contributed by atoms with Crippen LogP contribution in [-0.2, 0) is 14.8 Å². The number of nitrogens with zero attached hydrogens (tertiary/aromatic N) is 1. The molecule has 1 aliphatic heterocycles. The Morgan fingerprint density at radius 3 is 1.96 bits per heavy atom. The van der Waals surface area contributed by atoms with Crippen molar-refractivity contribution in [3.8, 4) is 0 Å². The van der Waals surface area contributed by atoms with Gasteiger partial charge in [-0.2, -0.15) is 0 Å². The summed E-state index contributed by atoms with van der Waals surface area (Å²) in [5.74, 6) is -1.64. The fourth-order valence-corrected chi connectivity index (χ4v) is 3.17. The van der Waals surface area contributed by atoms with Gasteiger partial charge in [0.2, 0.25) is 15.9 Å². The van der Waals surface area contributed by atoms with Gasteiger partial charge < -0.3 is 5.32 Å². The summed E-state index contributed by atoms with van der Waals surface area (Å²) < 4.78 is 22.5. The highest BCUT2D eigenvalue weighted by Crippen LogP contribution is 2.25. The van der Waals surface area contributed by atoms with E-state index in [-0.39, 0.29) is 16.0 Å². The van der Waals surface area contributed by atoms with Gasteiger partial charge in [-0.15, -0.1) is 0 Å². The van der Waals surface area contributed by atoms with Gasteiger partial charge in [0, 0.05) is 5.69 Å². The number of imide groups is 1. The lowest BCUT2D eigenvalue weighted by Crippen LogP contribution is -2.45. The molecule has 1 unspecified atom stereocenters. The molecule has 0 bridgehead atoms. The van der Waals surface area contributed by atoms with Gasteiger partial charge in [0.1, 0.15) is 6.04 Å². The van der Waals surface area contributed by atoms with Gasteiger partial charge in [-0.25, -0.2) is 13.6 Å². The fraction of sp³-hybridized carbons (Fsp3) is 0.118. The Bertz CT molecular complexity index is 980. The number of anilines is 1. The molecule has 3 rings (SSSR count). The van der Waals surface area contributed by atoms with E-state index in [0.717, 1.165) is 4.90 Å². The van der Waals surface area contributed by atoms with Gasteiger partial charge >= 0.3 is 0 Å². The van der Waals surface area contributed by atoms with Crippen LogP contribution in [0, 0.1) is 0 Å². The quantitative estimate of drug-likeness (QED) is 0.772. The number of hydrogen-bond acceptors (Lipinski definition) is 5. The first-order valence-electron chi connectivity index (χ1n) is 7.61. The van der Waals surface area contributed by atoms with Crippen molar-refractivity contribution < 1.29 is 22.8 Å². The van der Waals surface area contributed by atoms with Crippen molar-refractivity contribution >= 4 is 33.4 Å². The Kier molecular flexibility index (Phi) is 4.34. The Labute approximate surface area is 149 Å². The van der Waals surface area contributed by atoms with Crippen LogP contribution in [0.25, 0.3) is 0 Å². The average molecular weight is 373 g/mol. The normalized spacial score (nSPS) is 14.9. The second-order valence-corrected chi connectivity index (χ2v) is 7.32. The number of primary sulfonamides is 1. The van der Waals surface area contributed by atoms with Gasteiger partial charge in [-0.05, 0) is 43.3 Å². The molecule has 134 valence electrons. The smallest absolute Gasteiger partial charge is 0.262 e. The number of carbonyl (C=O) groups excluding carboxylic acids is 3. The van der Waals surface area contributed by atoms with E-state index in [9.17, 15) is 22.8 Å². The average Bonchev–Trinajstić information content (AvgIpc) is 2.85. The van der Waals surface area contributed by atoms with Crippen molar-refractivity contribution in [2.75, 3.05) is 5.32 Å². The summed E-state index contributed by atoms with van der Waals surface area (Å²) in [7, 11) is -3.83. The molecule has 9 heteroatoms. The molecule has 0 radical (unpaired) electrons. The van der Waals surface area contributed by atoms with E-state index in [0.29, 0.717) is 5.69 Å². The number of sulfonamides is 1. The molecular formula is C17H15N3O5S. The van der Waals surface area contributed by atoms with Crippen LogP contribution >= 0.6 is 0 Å². The molecular weight excluding hydrogens is 358 g/mol. The van der Waals surface area contributed by atoms with Crippen LogP contribution < -0.4 is 10.5 Å². The van der Waals surface area contributed by atoms with Crippen molar-refractivity contribution in [1.82, 2.24) is 4.90 Å². The van der Waals surface area contributed by atoms with E-state index >= 15 is 0 Å². The predicted octanol–water partition coefficient (Wildman–Crippen LogP) is 0.957. The minimum absolute atomic E-state index is 0.0936. The minimum Gasteiger partial charge on any atom is -0.324 e. The van der Waals surface area contributed by atoms with Crippen LogP contribution in [0.15, 0.2) is 53.4 Å². The Morgan fingerprint density at radius 1 is 1.00 bits per heavy atom. The molecule has 0 saturated carbocycles. The van der Waals surface area contributed by atoms with Crippen LogP contribution in [0.4, 0.5) is 5.69 Å². The number of nitrogens with two attached hydrogens (primary N) is 1. The summed E-state index contributed by atoms with van der Waals surface area (Å²) in [4.78, 5) is 38.0. The van der Waals surface area contributed by atoms with E-state index in [1.54, 1.807) is 12.1 Å². The molecule has 3 amide bonds. The SMILES string of the molecule is CC(C(=O)Nc1ccc(S(N)(=O)=O)cc1)N1C(=O)c2ccccc2C1=O. The summed E-state index contributed by atoms with van der Waals surface area (Å²) in [6, 6.07) is 10.5. The van der Waals surface area contributed by atoms with Crippen LogP contribution in [-0.4, -0.2) is 37.1 Å². The molecule has 1 aliphatic rings. The molecule has 0 fully saturated rings. The lowest BCUT2D eigenvalue weighted by molar-refractivity contribution is -0.119. The Morgan fingerprint density at radius 2 is 1.50 bits per heavy atom.